The van der Waals surface area contributed by atoms with Gasteiger partial charge in [-0.1, -0.05) is 30.3 Å². The highest BCUT2D eigenvalue weighted by molar-refractivity contribution is 5.94. The zero-order valence-electron chi connectivity index (χ0n) is 9.91. The molecule has 0 saturated carbocycles. The van der Waals surface area contributed by atoms with Crippen molar-refractivity contribution in [1.29, 1.82) is 0 Å². The first-order valence-corrected chi connectivity index (χ1v) is 5.45. The fourth-order valence-electron chi connectivity index (χ4n) is 1.44. The van der Waals surface area contributed by atoms with Crippen LogP contribution < -0.4 is 5.32 Å². The summed E-state index contributed by atoms with van der Waals surface area (Å²) in [5, 5.41) is 20.8. The number of amides is 1. The number of aliphatic hydroxyl groups excluding tert-OH is 1. The Morgan fingerprint density at radius 2 is 1.83 bits per heavy atom. The molecular formula is C13H15NO4. The van der Waals surface area contributed by atoms with E-state index in [4.69, 9.17) is 5.11 Å². The molecular weight excluding hydrogens is 234 g/mol. The summed E-state index contributed by atoms with van der Waals surface area (Å²) in [7, 11) is 0. The SMILES string of the molecule is CC(NC(=O)/C=C\C(=O)O)C(O)c1ccccc1. The average Bonchev–Trinajstić information content (AvgIpc) is 2.36. The Labute approximate surface area is 105 Å². The van der Waals surface area contributed by atoms with E-state index in [9.17, 15) is 14.7 Å². The van der Waals surface area contributed by atoms with E-state index in [2.05, 4.69) is 5.32 Å². The summed E-state index contributed by atoms with van der Waals surface area (Å²) in [6.07, 6.45) is 0.821. The maximum absolute atomic E-state index is 11.3. The summed E-state index contributed by atoms with van der Waals surface area (Å²) in [4.78, 5) is 21.6. The molecule has 0 saturated heterocycles. The van der Waals surface area contributed by atoms with Crippen molar-refractivity contribution in [3.8, 4) is 0 Å². The third-order valence-corrected chi connectivity index (χ3v) is 2.36. The number of benzene rings is 1. The fourth-order valence-corrected chi connectivity index (χ4v) is 1.44. The summed E-state index contributed by atoms with van der Waals surface area (Å²) in [5.74, 6) is -1.75. The maximum atomic E-state index is 11.3. The zero-order chi connectivity index (χ0) is 13.5. The highest BCUT2D eigenvalue weighted by Crippen LogP contribution is 2.15. The largest absolute Gasteiger partial charge is 0.478 e. The molecule has 1 amide bonds. The Hall–Kier alpha value is -2.14. The smallest absolute Gasteiger partial charge is 0.328 e. The summed E-state index contributed by atoms with van der Waals surface area (Å²) < 4.78 is 0. The van der Waals surface area contributed by atoms with Crippen molar-refractivity contribution in [2.75, 3.05) is 0 Å². The molecule has 2 atom stereocenters. The van der Waals surface area contributed by atoms with Crippen LogP contribution in [0, 0.1) is 0 Å². The quantitative estimate of drug-likeness (QED) is 0.676. The van der Waals surface area contributed by atoms with Crippen molar-refractivity contribution < 1.29 is 19.8 Å². The number of rotatable bonds is 5. The molecule has 1 aromatic rings. The molecule has 0 fully saturated rings. The van der Waals surface area contributed by atoms with Crippen LogP contribution in [0.4, 0.5) is 0 Å². The number of aliphatic hydroxyl groups is 1. The molecule has 0 heterocycles. The number of nitrogens with one attached hydrogen (secondary N) is 1. The van der Waals surface area contributed by atoms with E-state index in [-0.39, 0.29) is 0 Å². The number of hydrogen-bond acceptors (Lipinski definition) is 3. The van der Waals surface area contributed by atoms with E-state index in [1.54, 1.807) is 31.2 Å². The van der Waals surface area contributed by atoms with Gasteiger partial charge < -0.3 is 15.5 Å². The van der Waals surface area contributed by atoms with E-state index >= 15 is 0 Å². The van der Waals surface area contributed by atoms with Gasteiger partial charge in [-0.15, -0.1) is 0 Å². The predicted molar refractivity (Wildman–Crippen MR) is 65.8 cm³/mol. The molecule has 0 aliphatic rings. The number of aliphatic carboxylic acids is 1. The summed E-state index contributed by atoms with van der Waals surface area (Å²) in [6.45, 7) is 1.64. The second-order valence-corrected chi connectivity index (χ2v) is 3.82. The lowest BCUT2D eigenvalue weighted by molar-refractivity contribution is -0.131. The first-order chi connectivity index (χ1) is 8.50. The molecule has 1 rings (SSSR count). The Bertz CT molecular complexity index is 442. The minimum absolute atomic E-state index is 0.515. The monoisotopic (exact) mass is 249 g/mol. The third kappa shape index (κ3) is 4.39. The van der Waals surface area contributed by atoms with Gasteiger partial charge in [-0.25, -0.2) is 4.79 Å². The highest BCUT2D eigenvalue weighted by Gasteiger charge is 2.17. The highest BCUT2D eigenvalue weighted by atomic mass is 16.4. The van der Waals surface area contributed by atoms with Crippen LogP contribution in [0.5, 0.6) is 0 Å². The van der Waals surface area contributed by atoms with Gasteiger partial charge in [-0.2, -0.15) is 0 Å². The Morgan fingerprint density at radius 1 is 1.22 bits per heavy atom. The molecule has 96 valence electrons. The molecule has 0 aliphatic carbocycles. The van der Waals surface area contributed by atoms with Gasteiger partial charge in [0.05, 0.1) is 12.1 Å². The van der Waals surface area contributed by atoms with Gasteiger partial charge in [0.1, 0.15) is 0 Å². The van der Waals surface area contributed by atoms with Crippen molar-refractivity contribution in [3.05, 3.63) is 48.0 Å². The summed E-state index contributed by atoms with van der Waals surface area (Å²) in [5.41, 5.74) is 0.688. The average molecular weight is 249 g/mol. The van der Waals surface area contributed by atoms with Gasteiger partial charge in [-0.3, -0.25) is 4.79 Å². The van der Waals surface area contributed by atoms with Gasteiger partial charge in [-0.05, 0) is 12.5 Å². The minimum atomic E-state index is -1.19. The lowest BCUT2D eigenvalue weighted by Gasteiger charge is -2.19. The molecule has 0 aliphatic heterocycles. The van der Waals surface area contributed by atoms with Crippen LogP contribution in [-0.4, -0.2) is 28.1 Å². The Morgan fingerprint density at radius 3 is 2.39 bits per heavy atom. The normalized spacial score (nSPS) is 14.1. The van der Waals surface area contributed by atoms with E-state index in [0.29, 0.717) is 5.56 Å². The first kappa shape index (κ1) is 13.9. The summed E-state index contributed by atoms with van der Waals surface area (Å²) >= 11 is 0. The third-order valence-electron chi connectivity index (χ3n) is 2.36. The van der Waals surface area contributed by atoms with Crippen LogP contribution in [0.15, 0.2) is 42.5 Å². The standard InChI is InChI=1S/C13H15NO4/c1-9(14-11(15)7-8-12(16)17)13(18)10-5-3-2-4-6-10/h2-9,13,18H,1H3,(H,14,15)(H,16,17)/b8-7-. The first-order valence-electron chi connectivity index (χ1n) is 5.45. The Kier molecular flexibility index (Phi) is 5.07. The lowest BCUT2D eigenvalue weighted by atomic mass is 10.0. The van der Waals surface area contributed by atoms with E-state index in [1.165, 1.54) is 0 Å². The fraction of sp³-hybridized carbons (Fsp3) is 0.231. The molecule has 0 aromatic heterocycles. The van der Waals surface area contributed by atoms with Crippen LogP contribution >= 0.6 is 0 Å². The van der Waals surface area contributed by atoms with E-state index in [0.717, 1.165) is 12.2 Å². The number of carbonyl (C=O) groups excluding carboxylic acids is 1. The number of carboxylic acid groups (broad SMARTS) is 1. The van der Waals surface area contributed by atoms with Gasteiger partial charge in [0, 0.05) is 12.2 Å². The minimum Gasteiger partial charge on any atom is -0.478 e. The number of carbonyl (C=O) groups is 2. The molecule has 3 N–H and O–H groups in total. The lowest BCUT2D eigenvalue weighted by Crippen LogP contribution is -2.36. The van der Waals surface area contributed by atoms with Crippen LogP contribution in [0.3, 0.4) is 0 Å². The van der Waals surface area contributed by atoms with Gasteiger partial charge in [0.2, 0.25) is 5.91 Å². The molecule has 5 nitrogen and oxygen atoms in total. The van der Waals surface area contributed by atoms with Gasteiger partial charge in [0.25, 0.3) is 0 Å². The van der Waals surface area contributed by atoms with Crippen LogP contribution in [-0.2, 0) is 9.59 Å². The van der Waals surface area contributed by atoms with E-state index in [1.807, 2.05) is 6.07 Å². The zero-order valence-corrected chi connectivity index (χ0v) is 9.91. The molecule has 0 radical (unpaired) electrons. The van der Waals surface area contributed by atoms with E-state index < -0.39 is 24.0 Å². The second kappa shape index (κ2) is 6.56. The number of carboxylic acids is 1. The van der Waals surface area contributed by atoms with Crippen molar-refractivity contribution in [3.63, 3.8) is 0 Å². The maximum Gasteiger partial charge on any atom is 0.328 e. The van der Waals surface area contributed by atoms with Crippen molar-refractivity contribution in [1.82, 2.24) is 5.32 Å². The topological polar surface area (TPSA) is 86.6 Å². The second-order valence-electron chi connectivity index (χ2n) is 3.82. The van der Waals surface area contributed by atoms with Crippen LogP contribution in [0.1, 0.15) is 18.6 Å². The Balaban J connectivity index is 2.58. The molecule has 18 heavy (non-hydrogen) atoms. The summed E-state index contributed by atoms with van der Waals surface area (Å²) in [6, 6.07) is 8.39. The molecule has 5 heteroatoms. The van der Waals surface area contributed by atoms with Crippen molar-refractivity contribution in [2.45, 2.75) is 19.1 Å². The molecule has 0 spiro atoms. The van der Waals surface area contributed by atoms with Crippen LogP contribution in [0.2, 0.25) is 0 Å². The number of hydrogen-bond donors (Lipinski definition) is 3. The van der Waals surface area contributed by atoms with Crippen molar-refractivity contribution >= 4 is 11.9 Å². The van der Waals surface area contributed by atoms with Crippen LogP contribution in [0.25, 0.3) is 0 Å². The molecule has 1 aromatic carbocycles. The molecule has 2 unspecified atom stereocenters. The van der Waals surface area contributed by atoms with Gasteiger partial charge >= 0.3 is 5.97 Å². The predicted octanol–water partition coefficient (Wildman–Crippen LogP) is 0.865. The van der Waals surface area contributed by atoms with Gasteiger partial charge in [0.15, 0.2) is 0 Å². The molecule has 0 bridgehead atoms. The van der Waals surface area contributed by atoms with Crippen molar-refractivity contribution in [2.24, 2.45) is 0 Å².